The molecule has 2 N–H and O–H groups in total. The van der Waals surface area contributed by atoms with Gasteiger partial charge < -0.3 is 15.1 Å². The molecule has 1 aromatic carbocycles. The molecule has 0 amide bonds. The molecule has 0 spiro atoms. The number of halogens is 6. The van der Waals surface area contributed by atoms with Crippen molar-refractivity contribution in [3.8, 4) is 17.0 Å². The number of nitrogens with zero attached hydrogens (tertiary/aromatic N) is 3. The Morgan fingerprint density at radius 3 is 2.44 bits per heavy atom. The fourth-order valence-electron chi connectivity index (χ4n) is 4.69. The zero-order valence-corrected chi connectivity index (χ0v) is 17.1. The van der Waals surface area contributed by atoms with E-state index in [2.05, 4.69) is 10.2 Å². The molecule has 0 bridgehead atoms. The second-order valence-corrected chi connectivity index (χ2v) is 8.49. The number of benzene rings is 1. The molecule has 0 saturated heterocycles. The third-order valence-electron chi connectivity index (χ3n) is 6.31. The van der Waals surface area contributed by atoms with Crippen LogP contribution in [0, 0.1) is 6.92 Å². The number of phenols is 1. The number of anilines is 1. The topological polar surface area (TPSA) is 69.5 Å². The molecule has 5 nitrogen and oxygen atoms in total. The minimum absolute atomic E-state index is 0.121. The molecular weight excluding hydrogens is 440 g/mol. The number of aromatic hydroxyl groups is 1. The highest BCUT2D eigenvalue weighted by Crippen LogP contribution is 2.45. The SMILES string of the molecule is Cc1cc(C(F)(F)F)cc(O)c1-c1cc2c(nn1)N([C@@H]1CCC[C@@](O)(C(F)(F)F)C1)CC2. The first kappa shape index (κ1) is 22.6. The van der Waals surface area contributed by atoms with Gasteiger partial charge in [-0.2, -0.15) is 26.3 Å². The van der Waals surface area contributed by atoms with Gasteiger partial charge in [-0.15, -0.1) is 10.2 Å². The summed E-state index contributed by atoms with van der Waals surface area (Å²) < 4.78 is 78.9. The number of aliphatic hydroxyl groups is 1. The van der Waals surface area contributed by atoms with Crippen LogP contribution in [0.15, 0.2) is 18.2 Å². The van der Waals surface area contributed by atoms with Crippen LogP contribution in [0.5, 0.6) is 5.75 Å². The molecule has 4 rings (SSSR count). The van der Waals surface area contributed by atoms with Crippen LogP contribution in [-0.4, -0.2) is 44.8 Å². The van der Waals surface area contributed by atoms with E-state index in [1.54, 1.807) is 11.0 Å². The molecule has 2 atom stereocenters. The first-order valence-corrected chi connectivity index (χ1v) is 10.1. The largest absolute Gasteiger partial charge is 0.507 e. The molecule has 0 unspecified atom stereocenters. The van der Waals surface area contributed by atoms with E-state index < -0.39 is 41.7 Å². The van der Waals surface area contributed by atoms with Gasteiger partial charge in [0.15, 0.2) is 11.4 Å². The van der Waals surface area contributed by atoms with E-state index >= 15 is 0 Å². The molecule has 174 valence electrons. The van der Waals surface area contributed by atoms with E-state index in [1.165, 1.54) is 6.92 Å². The summed E-state index contributed by atoms with van der Waals surface area (Å²) in [5.74, 6) is -0.182. The number of aromatic nitrogens is 2. The van der Waals surface area contributed by atoms with E-state index in [4.69, 9.17) is 0 Å². The van der Waals surface area contributed by atoms with Crippen LogP contribution < -0.4 is 4.90 Å². The van der Waals surface area contributed by atoms with Gasteiger partial charge in [-0.3, -0.25) is 0 Å². The maximum absolute atomic E-state index is 13.3. The normalized spacial score (nSPS) is 24.0. The quantitative estimate of drug-likeness (QED) is 0.631. The van der Waals surface area contributed by atoms with Crippen LogP contribution in [0.4, 0.5) is 32.2 Å². The lowest BCUT2D eigenvalue weighted by molar-refractivity contribution is -0.271. The van der Waals surface area contributed by atoms with Gasteiger partial charge in [0.1, 0.15) is 5.75 Å². The summed E-state index contributed by atoms with van der Waals surface area (Å²) >= 11 is 0. The van der Waals surface area contributed by atoms with Crippen molar-refractivity contribution >= 4 is 5.82 Å². The molecule has 1 saturated carbocycles. The maximum atomic E-state index is 13.3. The van der Waals surface area contributed by atoms with Gasteiger partial charge in [-0.1, -0.05) is 0 Å². The highest BCUT2D eigenvalue weighted by molar-refractivity contribution is 5.73. The summed E-state index contributed by atoms with van der Waals surface area (Å²) in [6, 6.07) is 2.58. The van der Waals surface area contributed by atoms with E-state index in [1.807, 2.05) is 0 Å². The second-order valence-electron chi connectivity index (χ2n) is 8.49. The van der Waals surface area contributed by atoms with Crippen molar-refractivity contribution in [3.63, 3.8) is 0 Å². The Kier molecular flexibility index (Phi) is 5.30. The average molecular weight is 461 g/mol. The number of rotatable bonds is 2. The lowest BCUT2D eigenvalue weighted by atomic mass is 9.80. The monoisotopic (exact) mass is 461 g/mol. The second kappa shape index (κ2) is 7.50. The number of phenolic OH excluding ortho intramolecular Hbond substituents is 1. The summed E-state index contributed by atoms with van der Waals surface area (Å²) in [7, 11) is 0. The Balaban J connectivity index is 1.63. The van der Waals surface area contributed by atoms with Crippen LogP contribution in [0.2, 0.25) is 0 Å². The molecule has 0 radical (unpaired) electrons. The Labute approximate surface area is 179 Å². The molecule has 1 aliphatic carbocycles. The zero-order chi connectivity index (χ0) is 23.5. The van der Waals surface area contributed by atoms with E-state index in [-0.39, 0.29) is 29.7 Å². The standard InChI is InChI=1S/C21H21F6N3O2/c1-11-7-13(20(22,23)24)9-16(31)17(11)15-8-12-4-6-30(18(12)29-28-15)14-3-2-5-19(32,10-14)21(25,26)27/h7-9,14,31-32H,2-6,10H2,1H3/t14-,19+/m1/s1. The number of aryl methyl sites for hydroxylation is 1. The number of hydrogen-bond acceptors (Lipinski definition) is 5. The van der Waals surface area contributed by atoms with Crippen LogP contribution in [0.25, 0.3) is 11.3 Å². The molecule has 2 heterocycles. The number of hydrogen-bond donors (Lipinski definition) is 2. The Morgan fingerprint density at radius 2 is 1.81 bits per heavy atom. The molecule has 1 aliphatic heterocycles. The van der Waals surface area contributed by atoms with Crippen molar-refractivity contribution in [2.75, 3.05) is 11.4 Å². The summed E-state index contributed by atoms with van der Waals surface area (Å²) in [5.41, 5.74) is -2.57. The van der Waals surface area contributed by atoms with Crippen LogP contribution in [0.3, 0.4) is 0 Å². The Hall–Kier alpha value is -2.56. The predicted octanol–water partition coefficient (Wildman–Crippen LogP) is 4.77. The van der Waals surface area contributed by atoms with Gasteiger partial charge in [0.05, 0.1) is 11.3 Å². The molecule has 2 aromatic rings. The molecule has 32 heavy (non-hydrogen) atoms. The fraction of sp³-hybridized carbons (Fsp3) is 0.524. The third-order valence-corrected chi connectivity index (χ3v) is 6.31. The fourth-order valence-corrected chi connectivity index (χ4v) is 4.69. The van der Waals surface area contributed by atoms with Crippen molar-refractivity contribution in [2.45, 2.75) is 63.0 Å². The van der Waals surface area contributed by atoms with Gasteiger partial charge in [0.25, 0.3) is 0 Å². The van der Waals surface area contributed by atoms with Gasteiger partial charge in [-0.05, 0) is 56.4 Å². The first-order chi connectivity index (χ1) is 14.8. The molecule has 1 aromatic heterocycles. The van der Waals surface area contributed by atoms with Gasteiger partial charge in [-0.25, -0.2) is 0 Å². The van der Waals surface area contributed by atoms with Gasteiger partial charge in [0, 0.05) is 30.1 Å². The zero-order valence-electron chi connectivity index (χ0n) is 17.1. The predicted molar refractivity (Wildman–Crippen MR) is 103 cm³/mol. The molecular formula is C21H21F6N3O2. The summed E-state index contributed by atoms with van der Waals surface area (Å²) in [5, 5.41) is 28.5. The molecule has 1 fully saturated rings. The lowest BCUT2D eigenvalue weighted by Crippen LogP contribution is -2.53. The third kappa shape index (κ3) is 3.87. The summed E-state index contributed by atoms with van der Waals surface area (Å²) in [6.07, 6.45) is -8.98. The smallest absolute Gasteiger partial charge is 0.417 e. The van der Waals surface area contributed by atoms with Crippen LogP contribution >= 0.6 is 0 Å². The summed E-state index contributed by atoms with van der Waals surface area (Å²) in [4.78, 5) is 1.71. The van der Waals surface area contributed by atoms with Crippen molar-refractivity contribution in [1.82, 2.24) is 10.2 Å². The van der Waals surface area contributed by atoms with E-state index in [0.29, 0.717) is 36.8 Å². The van der Waals surface area contributed by atoms with Crippen molar-refractivity contribution < 1.29 is 36.6 Å². The number of fused-ring (bicyclic) bond motifs is 1. The van der Waals surface area contributed by atoms with Crippen LogP contribution in [0.1, 0.15) is 42.4 Å². The van der Waals surface area contributed by atoms with E-state index in [9.17, 15) is 36.6 Å². The van der Waals surface area contributed by atoms with Gasteiger partial charge >= 0.3 is 12.4 Å². The minimum atomic E-state index is -4.72. The first-order valence-electron chi connectivity index (χ1n) is 10.1. The molecule has 2 aliphatic rings. The lowest BCUT2D eigenvalue weighted by Gasteiger charge is -2.41. The van der Waals surface area contributed by atoms with E-state index in [0.717, 1.165) is 6.07 Å². The number of alkyl halides is 6. The highest BCUT2D eigenvalue weighted by Gasteiger charge is 2.56. The Bertz CT molecular complexity index is 1020. The van der Waals surface area contributed by atoms with Crippen LogP contribution in [-0.2, 0) is 12.6 Å². The molecule has 11 heteroatoms. The van der Waals surface area contributed by atoms with Crippen molar-refractivity contribution in [2.24, 2.45) is 0 Å². The van der Waals surface area contributed by atoms with Crippen molar-refractivity contribution in [3.05, 3.63) is 34.9 Å². The average Bonchev–Trinajstić information content (AvgIpc) is 3.09. The maximum Gasteiger partial charge on any atom is 0.417 e. The summed E-state index contributed by atoms with van der Waals surface area (Å²) in [6.45, 7) is 1.82. The van der Waals surface area contributed by atoms with Crippen molar-refractivity contribution in [1.29, 1.82) is 0 Å². The van der Waals surface area contributed by atoms with Gasteiger partial charge in [0.2, 0.25) is 0 Å². The minimum Gasteiger partial charge on any atom is -0.507 e. The Morgan fingerprint density at radius 1 is 1.09 bits per heavy atom. The highest BCUT2D eigenvalue weighted by atomic mass is 19.4.